The Morgan fingerprint density at radius 1 is 1.32 bits per heavy atom. The van der Waals surface area contributed by atoms with Crippen molar-refractivity contribution in [2.75, 3.05) is 13.1 Å². The number of nitrogens with zero attached hydrogens (tertiary/aromatic N) is 1. The average Bonchev–Trinajstić information content (AvgIpc) is 2.58. The number of amides is 1. The molecule has 7 nitrogen and oxygen atoms in total. The van der Waals surface area contributed by atoms with Crippen LogP contribution in [0.15, 0.2) is 29.2 Å². The molecule has 138 valence electrons. The Balaban J connectivity index is 2.09. The van der Waals surface area contributed by atoms with Crippen LogP contribution in [0.25, 0.3) is 0 Å². The molecular weight excluding hydrogens is 344 g/mol. The van der Waals surface area contributed by atoms with Gasteiger partial charge in [-0.2, -0.15) is 4.31 Å². The van der Waals surface area contributed by atoms with Crippen molar-refractivity contribution in [3.05, 3.63) is 29.8 Å². The summed E-state index contributed by atoms with van der Waals surface area (Å²) in [6.45, 7) is 2.62. The Hall–Kier alpha value is -1.93. The number of aliphatic carboxylic acids is 1. The van der Waals surface area contributed by atoms with Crippen molar-refractivity contribution < 1.29 is 23.1 Å². The van der Waals surface area contributed by atoms with E-state index in [-0.39, 0.29) is 29.5 Å². The lowest BCUT2D eigenvalue weighted by atomic mass is 10.1. The lowest BCUT2D eigenvalue weighted by Crippen LogP contribution is -2.42. The van der Waals surface area contributed by atoms with Crippen LogP contribution >= 0.6 is 0 Å². The monoisotopic (exact) mass is 368 g/mol. The topological polar surface area (TPSA) is 104 Å². The molecule has 2 rings (SSSR count). The summed E-state index contributed by atoms with van der Waals surface area (Å²) in [5.74, 6) is -1.33. The van der Waals surface area contributed by atoms with Crippen LogP contribution in [-0.4, -0.2) is 48.8 Å². The van der Waals surface area contributed by atoms with E-state index >= 15 is 0 Å². The number of hydrogen-bond donors (Lipinski definition) is 2. The van der Waals surface area contributed by atoms with Crippen molar-refractivity contribution in [2.45, 2.75) is 50.0 Å². The quantitative estimate of drug-likeness (QED) is 0.715. The SMILES string of the molecule is CC1CCCCN1S(=O)(=O)c1cccc(C(=O)NCCCC(=O)O)c1. The third kappa shape index (κ3) is 5.02. The van der Waals surface area contributed by atoms with E-state index in [0.29, 0.717) is 13.0 Å². The van der Waals surface area contributed by atoms with E-state index in [0.717, 1.165) is 19.3 Å². The molecule has 1 fully saturated rings. The lowest BCUT2D eigenvalue weighted by molar-refractivity contribution is -0.137. The molecule has 1 heterocycles. The van der Waals surface area contributed by atoms with Gasteiger partial charge in [0.05, 0.1) is 4.90 Å². The molecule has 2 N–H and O–H groups in total. The summed E-state index contributed by atoms with van der Waals surface area (Å²) in [5, 5.41) is 11.2. The number of carbonyl (C=O) groups is 2. The number of carboxylic acids is 1. The van der Waals surface area contributed by atoms with Gasteiger partial charge in [-0.15, -0.1) is 0 Å². The van der Waals surface area contributed by atoms with Gasteiger partial charge in [0.15, 0.2) is 0 Å². The van der Waals surface area contributed by atoms with Crippen LogP contribution in [0.4, 0.5) is 0 Å². The van der Waals surface area contributed by atoms with Gasteiger partial charge in [0.1, 0.15) is 0 Å². The predicted molar refractivity (Wildman–Crippen MR) is 92.8 cm³/mol. The number of hydrogen-bond acceptors (Lipinski definition) is 4. The molecule has 1 aromatic rings. The highest BCUT2D eigenvalue weighted by molar-refractivity contribution is 7.89. The summed E-state index contributed by atoms with van der Waals surface area (Å²) in [7, 11) is -3.63. The van der Waals surface area contributed by atoms with Crippen molar-refractivity contribution in [3.63, 3.8) is 0 Å². The fraction of sp³-hybridized carbons (Fsp3) is 0.529. The molecule has 0 radical (unpaired) electrons. The molecule has 1 unspecified atom stereocenters. The van der Waals surface area contributed by atoms with E-state index in [1.807, 2.05) is 6.92 Å². The first-order chi connectivity index (χ1) is 11.8. The van der Waals surface area contributed by atoms with Gasteiger partial charge < -0.3 is 10.4 Å². The smallest absolute Gasteiger partial charge is 0.303 e. The molecule has 8 heteroatoms. The molecule has 1 amide bonds. The highest BCUT2D eigenvalue weighted by atomic mass is 32.2. The van der Waals surface area contributed by atoms with Gasteiger partial charge in [0, 0.05) is 31.1 Å². The summed E-state index contributed by atoms with van der Waals surface area (Å²) in [6, 6.07) is 5.92. The first-order valence-corrected chi connectivity index (χ1v) is 9.88. The maximum Gasteiger partial charge on any atom is 0.303 e. The van der Waals surface area contributed by atoms with Crippen LogP contribution in [0.5, 0.6) is 0 Å². The third-order valence-electron chi connectivity index (χ3n) is 4.30. The Morgan fingerprint density at radius 3 is 2.76 bits per heavy atom. The number of sulfonamides is 1. The molecule has 0 spiro atoms. The van der Waals surface area contributed by atoms with Crippen LogP contribution in [0.3, 0.4) is 0 Å². The second-order valence-corrected chi connectivity index (χ2v) is 8.13. The van der Waals surface area contributed by atoms with E-state index in [4.69, 9.17) is 5.11 Å². The molecule has 1 saturated heterocycles. The molecule has 0 bridgehead atoms. The van der Waals surface area contributed by atoms with Crippen LogP contribution in [0, 0.1) is 0 Å². The minimum absolute atomic E-state index is 0.0262. The number of piperidine rings is 1. The molecule has 1 atom stereocenters. The second kappa shape index (κ2) is 8.44. The van der Waals surface area contributed by atoms with Gasteiger partial charge in [0.25, 0.3) is 5.91 Å². The van der Waals surface area contributed by atoms with Gasteiger partial charge in [-0.3, -0.25) is 9.59 Å². The standard InChI is InChI=1S/C17H24N2O5S/c1-13-6-2-3-11-19(13)25(23,24)15-8-4-7-14(12-15)17(22)18-10-5-9-16(20)21/h4,7-8,12-13H,2-3,5-6,9-11H2,1H3,(H,18,22)(H,20,21). The normalized spacial score (nSPS) is 18.7. The average molecular weight is 368 g/mol. The largest absolute Gasteiger partial charge is 0.481 e. The van der Waals surface area contributed by atoms with Gasteiger partial charge >= 0.3 is 5.97 Å². The summed E-state index contributed by atoms with van der Waals surface area (Å²) < 4.78 is 27.2. The zero-order valence-corrected chi connectivity index (χ0v) is 15.1. The highest BCUT2D eigenvalue weighted by Gasteiger charge is 2.31. The van der Waals surface area contributed by atoms with E-state index < -0.39 is 21.9 Å². The van der Waals surface area contributed by atoms with Crippen LogP contribution in [0.2, 0.25) is 0 Å². The predicted octanol–water partition coefficient (Wildman–Crippen LogP) is 1.84. The Labute approximate surface area is 148 Å². The zero-order valence-electron chi connectivity index (χ0n) is 14.3. The van der Waals surface area contributed by atoms with E-state index in [1.165, 1.54) is 16.4 Å². The number of benzene rings is 1. The van der Waals surface area contributed by atoms with Crippen molar-refractivity contribution in [1.29, 1.82) is 0 Å². The van der Waals surface area contributed by atoms with Gasteiger partial charge in [-0.25, -0.2) is 8.42 Å². The molecule has 1 aliphatic rings. The molecule has 0 saturated carbocycles. The van der Waals surface area contributed by atoms with Gasteiger partial charge in [0.2, 0.25) is 10.0 Å². The Bertz CT molecular complexity index is 732. The fourth-order valence-corrected chi connectivity index (χ4v) is 4.65. The van der Waals surface area contributed by atoms with Crippen LogP contribution in [0.1, 0.15) is 49.4 Å². The number of carboxylic acid groups (broad SMARTS) is 1. The summed E-state index contributed by atoms with van der Waals surface area (Å²) >= 11 is 0. The fourth-order valence-electron chi connectivity index (χ4n) is 2.91. The van der Waals surface area contributed by atoms with Gasteiger partial charge in [-0.05, 0) is 44.4 Å². The van der Waals surface area contributed by atoms with E-state index in [1.54, 1.807) is 12.1 Å². The van der Waals surface area contributed by atoms with Crippen molar-refractivity contribution in [2.24, 2.45) is 0 Å². The van der Waals surface area contributed by atoms with Crippen LogP contribution in [-0.2, 0) is 14.8 Å². The molecule has 0 aromatic heterocycles. The van der Waals surface area contributed by atoms with Crippen molar-refractivity contribution in [3.8, 4) is 0 Å². The Morgan fingerprint density at radius 2 is 2.08 bits per heavy atom. The molecular formula is C17H24N2O5S. The summed E-state index contributed by atoms with van der Waals surface area (Å²) in [4.78, 5) is 22.7. The third-order valence-corrected chi connectivity index (χ3v) is 6.31. The highest BCUT2D eigenvalue weighted by Crippen LogP contribution is 2.25. The first-order valence-electron chi connectivity index (χ1n) is 8.44. The minimum atomic E-state index is -3.63. The van der Waals surface area contributed by atoms with E-state index in [9.17, 15) is 18.0 Å². The van der Waals surface area contributed by atoms with E-state index in [2.05, 4.69) is 5.32 Å². The van der Waals surface area contributed by atoms with Crippen molar-refractivity contribution >= 4 is 21.9 Å². The number of nitrogens with one attached hydrogen (secondary N) is 1. The molecule has 1 aliphatic heterocycles. The lowest BCUT2D eigenvalue weighted by Gasteiger charge is -2.32. The molecule has 25 heavy (non-hydrogen) atoms. The zero-order chi connectivity index (χ0) is 18.4. The number of rotatable bonds is 7. The minimum Gasteiger partial charge on any atom is -0.481 e. The second-order valence-electron chi connectivity index (χ2n) is 6.24. The molecule has 1 aromatic carbocycles. The molecule has 0 aliphatic carbocycles. The number of carbonyl (C=O) groups excluding carboxylic acids is 1. The summed E-state index contributed by atoms with van der Waals surface area (Å²) in [6.07, 6.45) is 2.99. The van der Waals surface area contributed by atoms with Gasteiger partial charge in [-0.1, -0.05) is 12.5 Å². The maximum absolute atomic E-state index is 12.8. The maximum atomic E-state index is 12.8. The van der Waals surface area contributed by atoms with Crippen molar-refractivity contribution in [1.82, 2.24) is 9.62 Å². The Kier molecular flexibility index (Phi) is 6.55. The van der Waals surface area contributed by atoms with Crippen LogP contribution < -0.4 is 5.32 Å². The summed E-state index contributed by atoms with van der Waals surface area (Å²) in [5.41, 5.74) is 0.251. The first kappa shape index (κ1) is 19.4.